The summed E-state index contributed by atoms with van der Waals surface area (Å²) in [5.41, 5.74) is 2.06. The molecule has 1 heterocycles. The van der Waals surface area contributed by atoms with Crippen LogP contribution in [0.25, 0.3) is 0 Å². The molecule has 1 aromatic rings. The first-order valence-electron chi connectivity index (χ1n) is 8.04. The van der Waals surface area contributed by atoms with E-state index in [0.717, 1.165) is 36.3 Å². The van der Waals surface area contributed by atoms with Gasteiger partial charge in [-0.15, -0.1) is 0 Å². The summed E-state index contributed by atoms with van der Waals surface area (Å²) in [4.78, 5) is 13.5. The van der Waals surface area contributed by atoms with Gasteiger partial charge >= 0.3 is 0 Å². The van der Waals surface area contributed by atoms with Crippen molar-refractivity contribution in [3.8, 4) is 11.5 Å². The molecule has 0 bridgehead atoms. The fraction of sp³-hybridized carbons (Fsp3) is 0.526. The number of nitrogens with zero attached hydrogens (tertiary/aromatic N) is 1. The molecule has 1 aromatic carbocycles. The molecule has 1 fully saturated rings. The number of carbonyl (C=O) groups excluding carboxylic acids is 1. The Morgan fingerprint density at radius 3 is 2.65 bits per heavy atom. The predicted octanol–water partition coefficient (Wildman–Crippen LogP) is 3.12. The molecule has 0 saturated carbocycles. The van der Waals surface area contributed by atoms with E-state index in [1.165, 1.54) is 5.56 Å². The Kier molecular flexibility index (Phi) is 5.47. The summed E-state index contributed by atoms with van der Waals surface area (Å²) in [5, 5.41) is 0. The van der Waals surface area contributed by atoms with Crippen LogP contribution in [0, 0.1) is 6.92 Å². The van der Waals surface area contributed by atoms with Gasteiger partial charge < -0.3 is 19.2 Å². The topological polar surface area (TPSA) is 38.8 Å². The second kappa shape index (κ2) is 7.18. The number of allylic oxidation sites excluding steroid dienone is 1. The maximum atomic E-state index is 11.2. The summed E-state index contributed by atoms with van der Waals surface area (Å²) >= 11 is 0. The molecule has 2 atom stereocenters. The van der Waals surface area contributed by atoms with Gasteiger partial charge in [-0.2, -0.15) is 0 Å². The van der Waals surface area contributed by atoms with E-state index in [0.29, 0.717) is 6.42 Å². The first-order valence-corrected chi connectivity index (χ1v) is 8.04. The number of methoxy groups -OCH3 is 2. The minimum Gasteiger partial charge on any atom is -0.493 e. The monoisotopic (exact) mass is 317 g/mol. The van der Waals surface area contributed by atoms with Crippen molar-refractivity contribution in [2.75, 3.05) is 27.8 Å². The first-order chi connectivity index (χ1) is 11.0. The van der Waals surface area contributed by atoms with Gasteiger partial charge in [0.25, 0.3) is 0 Å². The standard InChI is InChI=1S/C19H27NO3/c1-6-8-19(9-10-20(3)17(19)7-11-21)15-12-14(2)18(23-5)16(13-15)22-4/h6,8,11-13,17H,7,9-10H2,1-5H3/b8-6-/t17?,19-/m0/s1. The third-order valence-electron chi connectivity index (χ3n) is 4.99. The van der Waals surface area contributed by atoms with Crippen molar-refractivity contribution in [2.24, 2.45) is 0 Å². The average molecular weight is 317 g/mol. The van der Waals surface area contributed by atoms with Gasteiger partial charge in [-0.1, -0.05) is 18.2 Å². The second-order valence-electron chi connectivity index (χ2n) is 6.22. The Morgan fingerprint density at radius 2 is 2.09 bits per heavy atom. The van der Waals surface area contributed by atoms with Gasteiger partial charge in [0.05, 0.1) is 14.2 Å². The van der Waals surface area contributed by atoms with Crippen LogP contribution in [0.1, 0.15) is 30.9 Å². The van der Waals surface area contributed by atoms with Crippen molar-refractivity contribution in [3.63, 3.8) is 0 Å². The number of likely N-dealkylation sites (N-methyl/N-ethyl adjacent to an activating group) is 1. The molecule has 0 N–H and O–H groups in total. The number of benzene rings is 1. The number of hydrogen-bond donors (Lipinski definition) is 0. The van der Waals surface area contributed by atoms with Gasteiger partial charge in [0.1, 0.15) is 6.29 Å². The highest BCUT2D eigenvalue weighted by molar-refractivity contribution is 5.56. The molecule has 0 aliphatic carbocycles. The highest BCUT2D eigenvalue weighted by atomic mass is 16.5. The molecule has 0 amide bonds. The van der Waals surface area contributed by atoms with Crippen LogP contribution in [-0.2, 0) is 10.2 Å². The highest BCUT2D eigenvalue weighted by Crippen LogP contribution is 2.45. The van der Waals surface area contributed by atoms with Gasteiger partial charge in [-0.3, -0.25) is 0 Å². The number of likely N-dealkylation sites (tertiary alicyclic amines) is 1. The molecular formula is C19H27NO3. The van der Waals surface area contributed by atoms with Gasteiger partial charge in [0.2, 0.25) is 0 Å². The molecule has 1 aliphatic rings. The summed E-state index contributed by atoms with van der Waals surface area (Å²) in [7, 11) is 5.41. The molecule has 126 valence electrons. The van der Waals surface area contributed by atoms with Crippen molar-refractivity contribution in [1.82, 2.24) is 4.90 Å². The van der Waals surface area contributed by atoms with Crippen molar-refractivity contribution < 1.29 is 14.3 Å². The molecule has 23 heavy (non-hydrogen) atoms. The fourth-order valence-electron chi connectivity index (χ4n) is 3.91. The molecule has 1 aliphatic heterocycles. The predicted molar refractivity (Wildman–Crippen MR) is 92.5 cm³/mol. The largest absolute Gasteiger partial charge is 0.493 e. The van der Waals surface area contributed by atoms with Crippen LogP contribution in [0.3, 0.4) is 0 Å². The summed E-state index contributed by atoms with van der Waals surface area (Å²) in [6.45, 7) is 5.03. The van der Waals surface area contributed by atoms with Gasteiger partial charge in [-0.25, -0.2) is 0 Å². The summed E-state index contributed by atoms with van der Waals surface area (Å²) in [5.74, 6) is 1.51. The Balaban J connectivity index is 2.62. The normalized spacial score (nSPS) is 25.0. The maximum Gasteiger partial charge on any atom is 0.163 e. The van der Waals surface area contributed by atoms with Gasteiger partial charge in [0.15, 0.2) is 11.5 Å². The second-order valence-corrected chi connectivity index (χ2v) is 6.22. The van der Waals surface area contributed by atoms with Crippen LogP contribution in [0.2, 0.25) is 0 Å². The number of carbonyl (C=O) groups is 1. The Labute approximate surface area is 139 Å². The Hall–Kier alpha value is -1.81. The van der Waals surface area contributed by atoms with Gasteiger partial charge in [-0.05, 0) is 51.1 Å². The Morgan fingerprint density at radius 1 is 1.35 bits per heavy atom. The number of hydrogen-bond acceptors (Lipinski definition) is 4. The summed E-state index contributed by atoms with van der Waals surface area (Å²) < 4.78 is 11.0. The van der Waals surface area contributed by atoms with E-state index in [4.69, 9.17) is 9.47 Å². The molecule has 4 heteroatoms. The third kappa shape index (κ3) is 3.00. The SMILES string of the molecule is C/C=C\[C@@]1(c2cc(C)c(OC)c(OC)c2)CCN(C)C1CC=O. The minimum atomic E-state index is -0.172. The quantitative estimate of drug-likeness (QED) is 0.597. The first kappa shape index (κ1) is 17.5. The highest BCUT2D eigenvalue weighted by Gasteiger charge is 2.45. The molecule has 1 unspecified atom stereocenters. The average Bonchev–Trinajstić information content (AvgIpc) is 2.85. The number of aldehydes is 1. The van der Waals surface area contributed by atoms with E-state index in [2.05, 4.69) is 36.2 Å². The van der Waals surface area contributed by atoms with Crippen LogP contribution >= 0.6 is 0 Å². The molecule has 0 aromatic heterocycles. The maximum absolute atomic E-state index is 11.2. The molecule has 0 spiro atoms. The molecule has 2 rings (SSSR count). The van der Waals surface area contributed by atoms with Crippen LogP contribution in [0.15, 0.2) is 24.3 Å². The van der Waals surface area contributed by atoms with Crippen LogP contribution in [-0.4, -0.2) is 45.0 Å². The van der Waals surface area contributed by atoms with Crippen molar-refractivity contribution in [3.05, 3.63) is 35.4 Å². The van der Waals surface area contributed by atoms with Crippen molar-refractivity contribution in [1.29, 1.82) is 0 Å². The third-order valence-corrected chi connectivity index (χ3v) is 4.99. The van der Waals surface area contributed by atoms with E-state index in [-0.39, 0.29) is 11.5 Å². The van der Waals surface area contributed by atoms with Gasteiger partial charge in [0, 0.05) is 17.9 Å². The van der Waals surface area contributed by atoms with E-state index < -0.39 is 0 Å². The molecule has 1 saturated heterocycles. The smallest absolute Gasteiger partial charge is 0.163 e. The Bertz CT molecular complexity index is 597. The van der Waals surface area contributed by atoms with Crippen molar-refractivity contribution >= 4 is 6.29 Å². The number of aryl methyl sites for hydroxylation is 1. The lowest BCUT2D eigenvalue weighted by Crippen LogP contribution is -2.40. The molecule has 0 radical (unpaired) electrons. The van der Waals surface area contributed by atoms with Crippen LogP contribution in [0.5, 0.6) is 11.5 Å². The lowest BCUT2D eigenvalue weighted by molar-refractivity contribution is -0.108. The fourth-order valence-corrected chi connectivity index (χ4v) is 3.91. The molecule has 4 nitrogen and oxygen atoms in total. The molecular weight excluding hydrogens is 290 g/mol. The van der Waals surface area contributed by atoms with E-state index in [9.17, 15) is 4.79 Å². The van der Waals surface area contributed by atoms with E-state index in [1.807, 2.05) is 13.8 Å². The zero-order chi connectivity index (χ0) is 17.0. The zero-order valence-electron chi connectivity index (χ0n) is 14.8. The number of ether oxygens (including phenoxy) is 2. The summed E-state index contributed by atoms with van der Waals surface area (Å²) in [6, 6.07) is 4.38. The minimum absolute atomic E-state index is 0.161. The zero-order valence-corrected chi connectivity index (χ0v) is 14.8. The number of rotatable bonds is 6. The van der Waals surface area contributed by atoms with E-state index >= 15 is 0 Å². The summed E-state index contributed by atoms with van der Waals surface area (Å²) in [6.07, 6.45) is 6.86. The van der Waals surface area contributed by atoms with Crippen LogP contribution < -0.4 is 9.47 Å². The van der Waals surface area contributed by atoms with E-state index in [1.54, 1.807) is 14.2 Å². The lowest BCUT2D eigenvalue weighted by atomic mass is 9.72. The van der Waals surface area contributed by atoms with Crippen molar-refractivity contribution in [2.45, 2.75) is 38.1 Å². The lowest BCUT2D eigenvalue weighted by Gasteiger charge is -2.35. The van der Waals surface area contributed by atoms with Crippen LogP contribution in [0.4, 0.5) is 0 Å².